The number of fused-ring (bicyclic) bond motifs is 1. The summed E-state index contributed by atoms with van der Waals surface area (Å²) in [6.07, 6.45) is 0.346. The van der Waals surface area contributed by atoms with Gasteiger partial charge >= 0.3 is 5.97 Å². The van der Waals surface area contributed by atoms with E-state index in [0.717, 1.165) is 16.7 Å². The van der Waals surface area contributed by atoms with Gasteiger partial charge in [0.1, 0.15) is 5.75 Å². The first kappa shape index (κ1) is 18.0. The molecule has 136 valence electrons. The van der Waals surface area contributed by atoms with Crippen molar-refractivity contribution in [3.8, 4) is 5.75 Å². The highest BCUT2D eigenvalue weighted by molar-refractivity contribution is 5.97. The Balaban J connectivity index is 1.82. The fourth-order valence-electron chi connectivity index (χ4n) is 3.28. The molecule has 0 spiro atoms. The third-order valence-corrected chi connectivity index (χ3v) is 4.76. The first-order chi connectivity index (χ1) is 12.3. The van der Waals surface area contributed by atoms with Crippen LogP contribution in [0.3, 0.4) is 0 Å². The number of ether oxygens (including phenoxy) is 2. The molecular weight excluding hydrogens is 330 g/mol. The maximum absolute atomic E-state index is 12.9. The minimum atomic E-state index is -1.24. The van der Waals surface area contributed by atoms with Crippen molar-refractivity contribution in [2.45, 2.75) is 38.8 Å². The van der Waals surface area contributed by atoms with Crippen LogP contribution in [0.15, 0.2) is 42.5 Å². The van der Waals surface area contributed by atoms with Gasteiger partial charge in [-0.25, -0.2) is 4.79 Å². The lowest BCUT2D eigenvalue weighted by Gasteiger charge is -2.34. The van der Waals surface area contributed by atoms with Gasteiger partial charge < -0.3 is 14.8 Å². The second kappa shape index (κ2) is 6.83. The van der Waals surface area contributed by atoms with Crippen LogP contribution in [0, 0.1) is 6.92 Å². The highest BCUT2D eigenvalue weighted by atomic mass is 16.6. The maximum Gasteiger partial charge on any atom is 0.339 e. The van der Waals surface area contributed by atoms with Crippen LogP contribution in [0.1, 0.15) is 46.9 Å². The van der Waals surface area contributed by atoms with Crippen LogP contribution in [0.4, 0.5) is 0 Å². The van der Waals surface area contributed by atoms with Crippen molar-refractivity contribution >= 4 is 11.9 Å². The molecule has 2 atom stereocenters. The first-order valence-electron chi connectivity index (χ1n) is 8.61. The number of carbonyl (C=O) groups is 2. The van der Waals surface area contributed by atoms with Crippen molar-refractivity contribution in [3.63, 3.8) is 0 Å². The molecule has 2 unspecified atom stereocenters. The first-order valence-corrected chi connectivity index (χ1v) is 8.61. The van der Waals surface area contributed by atoms with Crippen LogP contribution in [-0.2, 0) is 16.0 Å². The number of aryl methyl sites for hydroxylation is 1. The Labute approximate surface area is 153 Å². The highest BCUT2D eigenvalue weighted by Gasteiger charge is 2.43. The lowest BCUT2D eigenvalue weighted by atomic mass is 9.89. The molecule has 2 aromatic rings. The fraction of sp³-hybridized carbons (Fsp3) is 0.333. The number of carbonyl (C=O) groups excluding carboxylic acids is 2. The molecule has 2 aromatic carbocycles. The molecular formula is C21H23NO4. The predicted molar refractivity (Wildman–Crippen MR) is 98.3 cm³/mol. The molecule has 1 aliphatic rings. The zero-order valence-electron chi connectivity index (χ0n) is 15.5. The molecule has 1 amide bonds. The van der Waals surface area contributed by atoms with E-state index < -0.39 is 11.6 Å². The van der Waals surface area contributed by atoms with Gasteiger partial charge in [-0.1, -0.05) is 35.9 Å². The summed E-state index contributed by atoms with van der Waals surface area (Å²) >= 11 is 0. The van der Waals surface area contributed by atoms with E-state index in [1.54, 1.807) is 26.2 Å². The number of hydrogen-bond acceptors (Lipinski definition) is 4. The van der Waals surface area contributed by atoms with Gasteiger partial charge in [0.2, 0.25) is 0 Å². The summed E-state index contributed by atoms with van der Waals surface area (Å²) in [5.74, 6) is -0.0822. The molecule has 5 heteroatoms. The molecule has 0 aromatic heterocycles. The molecule has 0 bridgehead atoms. The molecule has 0 radical (unpaired) electrons. The van der Waals surface area contributed by atoms with E-state index in [4.69, 9.17) is 9.47 Å². The average molecular weight is 353 g/mol. The number of methoxy groups -OCH3 is 1. The van der Waals surface area contributed by atoms with Crippen LogP contribution in [0.25, 0.3) is 0 Å². The standard InChI is InChI=1S/C21H23NO4/c1-13-9-10-18(25-4)17(11-13)14(2)22-20(24)21(3)12-15-7-5-6-8-16(15)19(23)26-21/h5-11,14H,12H2,1-4H3,(H,22,24). The summed E-state index contributed by atoms with van der Waals surface area (Å²) in [7, 11) is 1.60. The van der Waals surface area contributed by atoms with Crippen LogP contribution in [-0.4, -0.2) is 24.6 Å². The van der Waals surface area contributed by atoms with E-state index in [-0.39, 0.29) is 11.9 Å². The number of hydrogen-bond donors (Lipinski definition) is 1. The molecule has 26 heavy (non-hydrogen) atoms. The van der Waals surface area contributed by atoms with Crippen LogP contribution >= 0.6 is 0 Å². The van der Waals surface area contributed by atoms with E-state index in [2.05, 4.69) is 5.32 Å². The van der Waals surface area contributed by atoms with Gasteiger partial charge in [0.25, 0.3) is 5.91 Å². The Morgan fingerprint density at radius 2 is 2.00 bits per heavy atom. The van der Waals surface area contributed by atoms with E-state index >= 15 is 0 Å². The predicted octanol–water partition coefficient (Wildman–Crippen LogP) is 3.35. The highest BCUT2D eigenvalue weighted by Crippen LogP contribution is 2.30. The second-order valence-corrected chi connectivity index (χ2v) is 6.89. The fourth-order valence-corrected chi connectivity index (χ4v) is 3.28. The third kappa shape index (κ3) is 3.29. The van der Waals surface area contributed by atoms with Crippen molar-refractivity contribution in [1.29, 1.82) is 0 Å². The lowest BCUT2D eigenvalue weighted by Crippen LogP contribution is -2.52. The number of nitrogens with one attached hydrogen (secondary N) is 1. The van der Waals surface area contributed by atoms with E-state index in [1.807, 2.05) is 44.2 Å². The molecule has 1 heterocycles. The normalized spacial score (nSPS) is 19.9. The lowest BCUT2D eigenvalue weighted by molar-refractivity contribution is -0.140. The molecule has 1 aliphatic heterocycles. The van der Waals surface area contributed by atoms with Crippen LogP contribution in [0.5, 0.6) is 5.75 Å². The van der Waals surface area contributed by atoms with Crippen molar-refractivity contribution < 1.29 is 19.1 Å². The van der Waals surface area contributed by atoms with E-state index in [9.17, 15) is 9.59 Å². The summed E-state index contributed by atoms with van der Waals surface area (Å²) < 4.78 is 10.9. The monoisotopic (exact) mass is 353 g/mol. The second-order valence-electron chi connectivity index (χ2n) is 6.89. The molecule has 0 fully saturated rings. The van der Waals surface area contributed by atoms with Gasteiger partial charge in [-0.3, -0.25) is 4.79 Å². The number of amides is 1. The number of rotatable bonds is 4. The Bertz CT molecular complexity index is 861. The molecule has 0 saturated heterocycles. The minimum Gasteiger partial charge on any atom is -0.496 e. The summed E-state index contributed by atoms with van der Waals surface area (Å²) in [6, 6.07) is 12.7. The zero-order valence-corrected chi connectivity index (χ0v) is 15.5. The summed E-state index contributed by atoms with van der Waals surface area (Å²) in [5.41, 5.74) is 2.06. The SMILES string of the molecule is COc1ccc(C)cc1C(C)NC(=O)C1(C)Cc2ccccc2C(=O)O1. The van der Waals surface area contributed by atoms with Gasteiger partial charge in [0.05, 0.1) is 18.7 Å². The molecule has 1 N–H and O–H groups in total. The Morgan fingerprint density at radius 3 is 2.73 bits per heavy atom. The molecule has 5 nitrogen and oxygen atoms in total. The Morgan fingerprint density at radius 1 is 1.27 bits per heavy atom. The maximum atomic E-state index is 12.9. The van der Waals surface area contributed by atoms with Crippen molar-refractivity contribution in [2.75, 3.05) is 7.11 Å². The largest absolute Gasteiger partial charge is 0.496 e. The Kier molecular flexibility index (Phi) is 4.72. The number of benzene rings is 2. The van der Waals surface area contributed by atoms with Gasteiger partial charge in [-0.05, 0) is 38.5 Å². The summed E-state index contributed by atoms with van der Waals surface area (Å²) in [4.78, 5) is 25.2. The minimum absolute atomic E-state index is 0.287. The number of cyclic esters (lactones) is 1. The topological polar surface area (TPSA) is 64.6 Å². The average Bonchev–Trinajstić information content (AvgIpc) is 2.61. The summed E-state index contributed by atoms with van der Waals surface area (Å²) in [6.45, 7) is 5.52. The van der Waals surface area contributed by atoms with Gasteiger partial charge in [-0.2, -0.15) is 0 Å². The van der Waals surface area contributed by atoms with Crippen LogP contribution < -0.4 is 10.1 Å². The smallest absolute Gasteiger partial charge is 0.339 e. The van der Waals surface area contributed by atoms with Crippen molar-refractivity contribution in [1.82, 2.24) is 5.32 Å². The Hall–Kier alpha value is -2.82. The van der Waals surface area contributed by atoms with Gasteiger partial charge in [0, 0.05) is 12.0 Å². The molecule has 3 rings (SSSR count). The van der Waals surface area contributed by atoms with Crippen LogP contribution in [0.2, 0.25) is 0 Å². The molecule has 0 aliphatic carbocycles. The zero-order chi connectivity index (χ0) is 18.9. The van der Waals surface area contributed by atoms with E-state index in [0.29, 0.717) is 17.7 Å². The van der Waals surface area contributed by atoms with Crippen molar-refractivity contribution in [2.24, 2.45) is 0 Å². The van der Waals surface area contributed by atoms with Crippen molar-refractivity contribution in [3.05, 3.63) is 64.7 Å². The quantitative estimate of drug-likeness (QED) is 0.856. The molecule has 0 saturated carbocycles. The number of esters is 1. The van der Waals surface area contributed by atoms with Gasteiger partial charge in [0.15, 0.2) is 5.60 Å². The summed E-state index contributed by atoms with van der Waals surface area (Å²) in [5, 5.41) is 2.96. The van der Waals surface area contributed by atoms with E-state index in [1.165, 1.54) is 0 Å². The third-order valence-electron chi connectivity index (χ3n) is 4.76. The van der Waals surface area contributed by atoms with Gasteiger partial charge in [-0.15, -0.1) is 0 Å².